The van der Waals surface area contributed by atoms with E-state index in [4.69, 9.17) is 17.3 Å². The van der Waals surface area contributed by atoms with Crippen molar-refractivity contribution < 1.29 is 4.79 Å². The van der Waals surface area contributed by atoms with Crippen LogP contribution in [0.15, 0.2) is 39.9 Å². The van der Waals surface area contributed by atoms with Crippen molar-refractivity contribution in [3.05, 3.63) is 40.7 Å². The summed E-state index contributed by atoms with van der Waals surface area (Å²) in [5, 5.41) is 5.19. The van der Waals surface area contributed by atoms with Gasteiger partial charge in [-0.05, 0) is 29.6 Å². The van der Waals surface area contributed by atoms with Gasteiger partial charge in [0.15, 0.2) is 0 Å². The molecule has 0 aliphatic rings. The van der Waals surface area contributed by atoms with Crippen LogP contribution in [0.4, 0.5) is 11.4 Å². The van der Waals surface area contributed by atoms with Crippen molar-refractivity contribution in [3.63, 3.8) is 0 Å². The lowest BCUT2D eigenvalue weighted by Gasteiger charge is -2.07. The van der Waals surface area contributed by atoms with Crippen LogP contribution in [0.25, 0.3) is 0 Å². The molecule has 0 aliphatic carbocycles. The molecule has 1 heterocycles. The highest BCUT2D eigenvalue weighted by atomic mass is 35.5. The molecule has 0 bridgehead atoms. The number of carbonyl (C=O) groups is 1. The van der Waals surface area contributed by atoms with Gasteiger partial charge in [0.1, 0.15) is 0 Å². The Balaban J connectivity index is 1.91. The maximum atomic E-state index is 11.7. The van der Waals surface area contributed by atoms with Crippen molar-refractivity contribution in [1.29, 1.82) is 0 Å². The highest BCUT2D eigenvalue weighted by Crippen LogP contribution is 2.26. The Morgan fingerprint density at radius 3 is 2.94 bits per heavy atom. The van der Waals surface area contributed by atoms with Gasteiger partial charge in [-0.3, -0.25) is 4.79 Å². The minimum Gasteiger partial charge on any atom is -0.399 e. The molecule has 18 heavy (non-hydrogen) atoms. The van der Waals surface area contributed by atoms with Crippen molar-refractivity contribution in [2.45, 2.75) is 4.21 Å². The minimum atomic E-state index is -0.0833. The minimum absolute atomic E-state index is 0.0833. The SMILES string of the molecule is Nc1ccc(NC(=O)CSc2cccs2)c(Cl)c1. The van der Waals surface area contributed by atoms with Crippen LogP contribution in [0.5, 0.6) is 0 Å². The van der Waals surface area contributed by atoms with Gasteiger partial charge < -0.3 is 11.1 Å². The molecule has 0 unspecified atom stereocenters. The molecular weight excluding hydrogens is 288 g/mol. The zero-order valence-electron chi connectivity index (χ0n) is 9.35. The fraction of sp³-hybridized carbons (Fsp3) is 0.0833. The summed E-state index contributed by atoms with van der Waals surface area (Å²) in [5.41, 5.74) is 6.74. The quantitative estimate of drug-likeness (QED) is 0.668. The van der Waals surface area contributed by atoms with Gasteiger partial charge in [0, 0.05) is 5.69 Å². The van der Waals surface area contributed by atoms with Crippen molar-refractivity contribution in [3.8, 4) is 0 Å². The van der Waals surface area contributed by atoms with Gasteiger partial charge in [-0.1, -0.05) is 17.7 Å². The molecule has 0 radical (unpaired) electrons. The van der Waals surface area contributed by atoms with Gasteiger partial charge in [-0.15, -0.1) is 23.1 Å². The number of thioether (sulfide) groups is 1. The second-order valence-electron chi connectivity index (χ2n) is 3.51. The zero-order valence-corrected chi connectivity index (χ0v) is 11.7. The maximum Gasteiger partial charge on any atom is 0.234 e. The van der Waals surface area contributed by atoms with Crippen LogP contribution >= 0.6 is 34.7 Å². The normalized spacial score (nSPS) is 10.3. The average Bonchev–Trinajstić information content (AvgIpc) is 2.83. The molecule has 1 amide bonds. The summed E-state index contributed by atoms with van der Waals surface area (Å²) >= 11 is 9.09. The number of carbonyl (C=O) groups excluding carboxylic acids is 1. The second-order valence-corrected chi connectivity index (χ2v) is 6.14. The molecule has 2 rings (SSSR count). The van der Waals surface area contributed by atoms with Gasteiger partial charge in [0.2, 0.25) is 5.91 Å². The lowest BCUT2D eigenvalue weighted by molar-refractivity contribution is -0.113. The molecule has 0 saturated carbocycles. The average molecular weight is 299 g/mol. The molecule has 0 spiro atoms. The molecule has 0 fully saturated rings. The number of anilines is 2. The van der Waals surface area contributed by atoms with E-state index < -0.39 is 0 Å². The fourth-order valence-electron chi connectivity index (χ4n) is 1.30. The van der Waals surface area contributed by atoms with Crippen LogP contribution in [-0.2, 0) is 4.79 Å². The number of nitrogens with one attached hydrogen (secondary N) is 1. The van der Waals surface area contributed by atoms with E-state index in [1.807, 2.05) is 17.5 Å². The number of hydrogen-bond acceptors (Lipinski definition) is 4. The molecule has 94 valence electrons. The number of hydrogen-bond donors (Lipinski definition) is 2. The number of nitrogen functional groups attached to an aromatic ring is 1. The first kappa shape index (κ1) is 13.3. The van der Waals surface area contributed by atoms with E-state index in [9.17, 15) is 4.79 Å². The summed E-state index contributed by atoms with van der Waals surface area (Å²) in [6.07, 6.45) is 0. The van der Waals surface area contributed by atoms with Gasteiger partial charge in [0.25, 0.3) is 0 Å². The first-order valence-electron chi connectivity index (χ1n) is 5.16. The summed E-state index contributed by atoms with van der Waals surface area (Å²) in [7, 11) is 0. The lowest BCUT2D eigenvalue weighted by Crippen LogP contribution is -2.14. The van der Waals surface area contributed by atoms with E-state index in [2.05, 4.69) is 5.32 Å². The van der Waals surface area contributed by atoms with E-state index in [1.165, 1.54) is 11.8 Å². The molecular formula is C12H11ClN2OS2. The highest BCUT2D eigenvalue weighted by Gasteiger charge is 2.07. The van der Waals surface area contributed by atoms with E-state index in [-0.39, 0.29) is 5.91 Å². The molecule has 0 atom stereocenters. The molecule has 0 saturated heterocycles. The predicted molar refractivity (Wildman–Crippen MR) is 79.5 cm³/mol. The number of halogens is 1. The standard InChI is InChI=1S/C12H11ClN2OS2/c13-9-6-8(14)3-4-10(9)15-11(16)7-18-12-2-1-5-17-12/h1-6H,7,14H2,(H,15,16). The monoisotopic (exact) mass is 298 g/mol. The van der Waals surface area contributed by atoms with Crippen LogP contribution < -0.4 is 11.1 Å². The Morgan fingerprint density at radius 1 is 1.44 bits per heavy atom. The van der Waals surface area contributed by atoms with Crippen LogP contribution in [-0.4, -0.2) is 11.7 Å². The summed E-state index contributed by atoms with van der Waals surface area (Å²) in [6.45, 7) is 0. The summed E-state index contributed by atoms with van der Waals surface area (Å²) in [4.78, 5) is 11.7. The van der Waals surface area contributed by atoms with Crippen LogP contribution in [0.3, 0.4) is 0 Å². The topological polar surface area (TPSA) is 55.1 Å². The largest absolute Gasteiger partial charge is 0.399 e. The maximum absolute atomic E-state index is 11.7. The van der Waals surface area contributed by atoms with Gasteiger partial charge in [0.05, 0.1) is 20.7 Å². The molecule has 0 aliphatic heterocycles. The van der Waals surface area contributed by atoms with Crippen LogP contribution in [0, 0.1) is 0 Å². The van der Waals surface area contributed by atoms with Crippen LogP contribution in [0.2, 0.25) is 5.02 Å². The van der Waals surface area contributed by atoms with Gasteiger partial charge in [-0.2, -0.15) is 0 Å². The Hall–Kier alpha value is -1.17. The first-order chi connectivity index (χ1) is 8.65. The molecule has 6 heteroatoms. The van der Waals surface area contributed by atoms with Crippen molar-refractivity contribution in [2.75, 3.05) is 16.8 Å². The summed E-state index contributed by atoms with van der Waals surface area (Å²) in [6, 6.07) is 8.96. The van der Waals surface area contributed by atoms with Crippen molar-refractivity contribution in [1.82, 2.24) is 0 Å². The third kappa shape index (κ3) is 3.66. The van der Waals surface area contributed by atoms with E-state index in [0.29, 0.717) is 22.2 Å². The van der Waals surface area contributed by atoms with E-state index >= 15 is 0 Å². The lowest BCUT2D eigenvalue weighted by atomic mass is 10.3. The smallest absolute Gasteiger partial charge is 0.234 e. The Labute approximate surface area is 118 Å². The predicted octanol–water partition coefficient (Wildman–Crippen LogP) is 3.71. The highest BCUT2D eigenvalue weighted by molar-refractivity contribution is 8.01. The molecule has 3 N–H and O–H groups in total. The van der Waals surface area contributed by atoms with Gasteiger partial charge in [-0.25, -0.2) is 0 Å². The fourth-order valence-corrected chi connectivity index (χ4v) is 3.12. The number of nitrogens with two attached hydrogens (primary N) is 1. The number of benzene rings is 1. The third-order valence-corrected chi connectivity index (χ3v) is 4.55. The number of amides is 1. The molecule has 2 aromatic rings. The van der Waals surface area contributed by atoms with Crippen LogP contribution in [0.1, 0.15) is 0 Å². The Bertz CT molecular complexity index is 543. The number of rotatable bonds is 4. The first-order valence-corrected chi connectivity index (χ1v) is 7.40. The van der Waals surface area contributed by atoms with Crippen molar-refractivity contribution >= 4 is 52.0 Å². The van der Waals surface area contributed by atoms with E-state index in [1.54, 1.807) is 29.5 Å². The molecule has 3 nitrogen and oxygen atoms in total. The third-order valence-electron chi connectivity index (χ3n) is 2.11. The number of thiophene rings is 1. The molecule has 1 aromatic heterocycles. The Kier molecular flexibility index (Phi) is 4.52. The van der Waals surface area contributed by atoms with Gasteiger partial charge >= 0.3 is 0 Å². The zero-order chi connectivity index (χ0) is 13.0. The second kappa shape index (κ2) is 6.13. The Morgan fingerprint density at radius 2 is 2.28 bits per heavy atom. The van der Waals surface area contributed by atoms with Crippen molar-refractivity contribution in [2.24, 2.45) is 0 Å². The van der Waals surface area contributed by atoms with E-state index in [0.717, 1.165) is 4.21 Å². The summed E-state index contributed by atoms with van der Waals surface area (Å²) < 4.78 is 1.12. The summed E-state index contributed by atoms with van der Waals surface area (Å²) in [5.74, 6) is 0.279. The molecule has 1 aromatic carbocycles.